The lowest BCUT2D eigenvalue weighted by Gasteiger charge is -2.46. The van der Waals surface area contributed by atoms with Crippen LogP contribution in [0.5, 0.6) is 0 Å². The zero-order valence-corrected chi connectivity index (χ0v) is 17.3. The third kappa shape index (κ3) is 4.47. The molecule has 2 aliphatic heterocycles. The summed E-state index contributed by atoms with van der Waals surface area (Å²) in [5.41, 5.74) is 6.92. The third-order valence-corrected chi connectivity index (χ3v) is 6.20. The van der Waals surface area contributed by atoms with Crippen LogP contribution in [0.25, 0.3) is 0 Å². The van der Waals surface area contributed by atoms with Gasteiger partial charge in [0.05, 0.1) is 12.7 Å². The predicted octanol–water partition coefficient (Wildman–Crippen LogP) is 2.40. The van der Waals surface area contributed by atoms with E-state index in [9.17, 15) is 4.39 Å². The van der Waals surface area contributed by atoms with Crippen LogP contribution in [0.1, 0.15) is 18.4 Å². The van der Waals surface area contributed by atoms with Crippen molar-refractivity contribution in [1.82, 2.24) is 20.1 Å². The summed E-state index contributed by atoms with van der Waals surface area (Å²) in [6.45, 7) is 2.52. The van der Waals surface area contributed by atoms with E-state index in [0.717, 1.165) is 36.8 Å². The van der Waals surface area contributed by atoms with Crippen LogP contribution < -0.4 is 10.6 Å². The lowest BCUT2D eigenvalue weighted by Crippen LogP contribution is -2.57. The zero-order chi connectivity index (χ0) is 19.5. The van der Waals surface area contributed by atoms with E-state index in [1.165, 1.54) is 5.56 Å². The quantitative estimate of drug-likeness (QED) is 0.724. The average molecular weight is 453 g/mol. The van der Waals surface area contributed by atoms with Gasteiger partial charge in [-0.2, -0.15) is 4.98 Å². The number of halogens is 2. The van der Waals surface area contributed by atoms with Crippen LogP contribution in [0.15, 0.2) is 28.7 Å². The van der Waals surface area contributed by atoms with Crippen LogP contribution in [0.4, 0.5) is 16.3 Å². The van der Waals surface area contributed by atoms with E-state index in [1.54, 1.807) is 0 Å². The molecular weight excluding hydrogens is 427 g/mol. The molecule has 1 aromatic heterocycles. The minimum atomic E-state index is -0.434. The largest absolute Gasteiger partial charge is 0.373 e. The number of morpholine rings is 1. The number of benzene rings is 1. The van der Waals surface area contributed by atoms with Crippen LogP contribution in [0.2, 0.25) is 0 Å². The fraction of sp³-hybridized carbons (Fsp3) is 0.579. The summed E-state index contributed by atoms with van der Waals surface area (Å²) >= 11 is 3.49. The molecule has 1 aromatic carbocycles. The van der Waals surface area contributed by atoms with E-state index in [0.29, 0.717) is 31.1 Å². The minimum Gasteiger partial charge on any atom is -0.373 e. The van der Waals surface area contributed by atoms with Gasteiger partial charge in [0.1, 0.15) is 6.67 Å². The summed E-state index contributed by atoms with van der Waals surface area (Å²) in [6, 6.07) is 9.08. The number of aromatic amines is 1. The SMILES string of the molecule is Nc1nc(N2CCC(N3C[C@H](CF)OC[C@@H]3Cc3ccc(Br)cc3)CC2)n[nH]1. The van der Waals surface area contributed by atoms with Gasteiger partial charge < -0.3 is 15.4 Å². The highest BCUT2D eigenvalue weighted by atomic mass is 79.9. The third-order valence-electron chi connectivity index (χ3n) is 5.67. The number of hydrogen-bond acceptors (Lipinski definition) is 6. The van der Waals surface area contributed by atoms with Crippen molar-refractivity contribution in [2.45, 2.75) is 37.5 Å². The van der Waals surface area contributed by atoms with Crippen molar-refractivity contribution >= 4 is 27.8 Å². The molecule has 0 radical (unpaired) electrons. The first-order chi connectivity index (χ1) is 13.6. The number of hydrogen-bond donors (Lipinski definition) is 2. The Balaban J connectivity index is 1.42. The molecule has 3 N–H and O–H groups in total. The number of nitrogen functional groups attached to an aromatic ring is 1. The lowest BCUT2D eigenvalue weighted by molar-refractivity contribution is -0.0885. The molecule has 2 aromatic rings. The molecule has 2 fully saturated rings. The van der Waals surface area contributed by atoms with Crippen LogP contribution in [-0.2, 0) is 11.2 Å². The van der Waals surface area contributed by atoms with Crippen molar-refractivity contribution in [3.05, 3.63) is 34.3 Å². The second-order valence-corrected chi connectivity index (χ2v) is 8.45. The smallest absolute Gasteiger partial charge is 0.246 e. The van der Waals surface area contributed by atoms with Gasteiger partial charge in [0.15, 0.2) is 0 Å². The van der Waals surface area contributed by atoms with Crippen molar-refractivity contribution in [2.24, 2.45) is 0 Å². The van der Waals surface area contributed by atoms with Crippen molar-refractivity contribution < 1.29 is 9.13 Å². The molecule has 0 unspecified atom stereocenters. The number of nitrogens with zero attached hydrogens (tertiary/aromatic N) is 4. The Morgan fingerprint density at radius 3 is 2.64 bits per heavy atom. The molecule has 2 aliphatic rings. The molecule has 28 heavy (non-hydrogen) atoms. The molecule has 9 heteroatoms. The summed E-state index contributed by atoms with van der Waals surface area (Å²) in [7, 11) is 0. The summed E-state index contributed by atoms with van der Waals surface area (Å²) in [6.07, 6.45) is 2.56. The number of aromatic nitrogens is 3. The standard InChI is InChI=1S/C19H26BrFN6O/c20-14-3-1-13(2-4-14)9-16-12-28-17(10-21)11-27(16)15-5-7-26(8-6-15)19-23-18(22)24-25-19/h1-4,15-17H,5-12H2,(H3,22,23,24,25)/t16-,17-/m0/s1. The van der Waals surface area contributed by atoms with Gasteiger partial charge in [0.25, 0.3) is 0 Å². The van der Waals surface area contributed by atoms with Crippen LogP contribution >= 0.6 is 15.9 Å². The molecule has 3 heterocycles. The summed E-state index contributed by atoms with van der Waals surface area (Å²) in [5, 5.41) is 6.85. The van der Waals surface area contributed by atoms with Crippen molar-refractivity contribution in [1.29, 1.82) is 0 Å². The molecule has 0 aliphatic carbocycles. The highest BCUT2D eigenvalue weighted by Crippen LogP contribution is 2.26. The van der Waals surface area contributed by atoms with E-state index >= 15 is 0 Å². The second-order valence-electron chi connectivity index (χ2n) is 7.53. The maximum atomic E-state index is 13.3. The molecule has 0 bridgehead atoms. The van der Waals surface area contributed by atoms with Gasteiger partial charge in [-0.25, -0.2) is 9.49 Å². The minimum absolute atomic E-state index is 0.264. The van der Waals surface area contributed by atoms with Gasteiger partial charge in [-0.15, -0.1) is 5.10 Å². The molecule has 4 rings (SSSR count). The first-order valence-electron chi connectivity index (χ1n) is 9.73. The number of alkyl halides is 1. The Bertz CT molecular complexity index is 764. The molecule has 7 nitrogen and oxygen atoms in total. The zero-order valence-electron chi connectivity index (χ0n) is 15.7. The molecule has 2 saturated heterocycles. The summed E-state index contributed by atoms with van der Waals surface area (Å²) in [4.78, 5) is 8.85. The maximum absolute atomic E-state index is 13.3. The van der Waals surface area contributed by atoms with E-state index in [4.69, 9.17) is 10.5 Å². The Kier molecular flexibility index (Phi) is 6.13. The number of ether oxygens (including phenoxy) is 1. The van der Waals surface area contributed by atoms with Crippen LogP contribution in [-0.4, -0.2) is 71.2 Å². The van der Waals surface area contributed by atoms with Crippen molar-refractivity contribution in [3.8, 4) is 0 Å². The predicted molar refractivity (Wildman–Crippen MR) is 110 cm³/mol. The molecule has 152 valence electrons. The number of nitrogens with one attached hydrogen (secondary N) is 1. The van der Waals surface area contributed by atoms with E-state index in [2.05, 4.69) is 65.2 Å². The highest BCUT2D eigenvalue weighted by Gasteiger charge is 2.35. The van der Waals surface area contributed by atoms with E-state index in [1.807, 2.05) is 0 Å². The highest BCUT2D eigenvalue weighted by molar-refractivity contribution is 9.10. The van der Waals surface area contributed by atoms with Gasteiger partial charge in [-0.05, 0) is 37.0 Å². The Morgan fingerprint density at radius 2 is 2.00 bits per heavy atom. The van der Waals surface area contributed by atoms with Gasteiger partial charge in [0.2, 0.25) is 11.9 Å². The maximum Gasteiger partial charge on any atom is 0.246 e. The van der Waals surface area contributed by atoms with Crippen molar-refractivity contribution in [3.63, 3.8) is 0 Å². The second kappa shape index (κ2) is 8.75. The topological polar surface area (TPSA) is 83.3 Å². The monoisotopic (exact) mass is 452 g/mol. The van der Waals surface area contributed by atoms with Gasteiger partial charge in [-0.1, -0.05) is 28.1 Å². The van der Waals surface area contributed by atoms with Crippen LogP contribution in [0.3, 0.4) is 0 Å². The first kappa shape index (κ1) is 19.6. The average Bonchev–Trinajstić information content (AvgIpc) is 3.16. The Morgan fingerprint density at radius 1 is 1.25 bits per heavy atom. The number of nitrogens with two attached hydrogens (primary N) is 1. The molecule has 0 saturated carbocycles. The molecule has 0 spiro atoms. The van der Waals surface area contributed by atoms with Crippen LogP contribution in [0, 0.1) is 0 Å². The van der Waals surface area contributed by atoms with E-state index in [-0.39, 0.29) is 12.1 Å². The van der Waals surface area contributed by atoms with Gasteiger partial charge >= 0.3 is 0 Å². The van der Waals surface area contributed by atoms with Gasteiger partial charge in [0, 0.05) is 36.2 Å². The number of H-pyrrole nitrogens is 1. The molecule has 0 amide bonds. The fourth-order valence-electron chi connectivity index (χ4n) is 4.19. The Labute approximate surface area is 172 Å². The Hall–Kier alpha value is -1.71. The molecule has 2 atom stereocenters. The van der Waals surface area contributed by atoms with Crippen molar-refractivity contribution in [2.75, 3.05) is 43.5 Å². The van der Waals surface area contributed by atoms with E-state index < -0.39 is 6.67 Å². The first-order valence-corrected chi connectivity index (χ1v) is 10.5. The summed E-state index contributed by atoms with van der Waals surface area (Å²) in [5.74, 6) is 0.997. The number of piperidine rings is 1. The number of rotatable bonds is 5. The van der Waals surface area contributed by atoms with Gasteiger partial charge in [-0.3, -0.25) is 4.90 Å². The fourth-order valence-corrected chi connectivity index (χ4v) is 4.46. The molecular formula is C19H26BrFN6O. The normalized spacial score (nSPS) is 24.6. The summed E-state index contributed by atoms with van der Waals surface area (Å²) < 4.78 is 20.2. The number of anilines is 2. The lowest BCUT2D eigenvalue weighted by atomic mass is 9.96.